The number of hydrogen-bond acceptors (Lipinski definition) is 4. The van der Waals surface area contributed by atoms with Crippen molar-refractivity contribution in [3.63, 3.8) is 0 Å². The van der Waals surface area contributed by atoms with Crippen LogP contribution in [0.25, 0.3) is 0 Å². The molecule has 0 aromatic heterocycles. The molecule has 2 atom stereocenters. The standard InChI is InChI=1S/C20H26N2O2/c1-21-13-20(16-8-6-10-18(12-16)24-4)22(2)14-19(21)15-7-5-9-17(11-15)23-3/h5-12,19-20H,13-14H2,1-4H3/t19-,20+. The highest BCUT2D eigenvalue weighted by Gasteiger charge is 2.31. The van der Waals surface area contributed by atoms with E-state index in [0.717, 1.165) is 24.6 Å². The minimum absolute atomic E-state index is 0.368. The number of methoxy groups -OCH3 is 2. The molecule has 2 aromatic rings. The highest BCUT2D eigenvalue weighted by molar-refractivity contribution is 5.33. The zero-order valence-corrected chi connectivity index (χ0v) is 14.9. The molecule has 4 heteroatoms. The van der Waals surface area contributed by atoms with E-state index >= 15 is 0 Å². The maximum atomic E-state index is 5.38. The molecule has 1 aliphatic heterocycles. The zero-order valence-electron chi connectivity index (χ0n) is 14.9. The van der Waals surface area contributed by atoms with Crippen LogP contribution in [-0.4, -0.2) is 51.2 Å². The van der Waals surface area contributed by atoms with Crippen LogP contribution in [0.1, 0.15) is 23.2 Å². The smallest absolute Gasteiger partial charge is 0.119 e. The van der Waals surface area contributed by atoms with Crippen molar-refractivity contribution in [2.45, 2.75) is 12.1 Å². The van der Waals surface area contributed by atoms with Crippen LogP contribution in [0.2, 0.25) is 0 Å². The fourth-order valence-electron chi connectivity index (χ4n) is 3.50. The second-order valence-electron chi connectivity index (χ2n) is 6.46. The molecule has 1 fully saturated rings. The van der Waals surface area contributed by atoms with Crippen LogP contribution in [0.4, 0.5) is 0 Å². The highest BCUT2D eigenvalue weighted by Crippen LogP contribution is 2.34. The highest BCUT2D eigenvalue weighted by atomic mass is 16.5. The molecule has 1 aliphatic rings. The van der Waals surface area contributed by atoms with Gasteiger partial charge in [0.2, 0.25) is 0 Å². The summed E-state index contributed by atoms with van der Waals surface area (Å²) in [4.78, 5) is 4.86. The Labute approximate surface area is 144 Å². The lowest BCUT2D eigenvalue weighted by Crippen LogP contribution is -2.46. The summed E-state index contributed by atoms with van der Waals surface area (Å²) in [5, 5.41) is 0. The van der Waals surface area contributed by atoms with Crippen molar-refractivity contribution in [1.29, 1.82) is 0 Å². The van der Waals surface area contributed by atoms with Crippen LogP contribution in [0, 0.1) is 0 Å². The molecule has 3 rings (SSSR count). The number of piperazine rings is 1. The lowest BCUT2D eigenvalue weighted by Gasteiger charge is -2.44. The van der Waals surface area contributed by atoms with Crippen LogP contribution in [-0.2, 0) is 0 Å². The van der Waals surface area contributed by atoms with Crippen LogP contribution >= 0.6 is 0 Å². The first-order valence-corrected chi connectivity index (χ1v) is 8.30. The third-order valence-corrected chi connectivity index (χ3v) is 4.94. The molecule has 0 saturated carbocycles. The Kier molecular flexibility index (Phi) is 5.07. The molecule has 24 heavy (non-hydrogen) atoms. The first-order chi connectivity index (χ1) is 11.6. The van der Waals surface area contributed by atoms with E-state index in [1.807, 2.05) is 12.1 Å². The minimum atomic E-state index is 0.368. The van der Waals surface area contributed by atoms with E-state index in [1.165, 1.54) is 11.1 Å². The Morgan fingerprint density at radius 3 is 1.54 bits per heavy atom. The van der Waals surface area contributed by atoms with E-state index in [0.29, 0.717) is 12.1 Å². The van der Waals surface area contributed by atoms with Gasteiger partial charge in [0.1, 0.15) is 11.5 Å². The van der Waals surface area contributed by atoms with Crippen LogP contribution in [0.3, 0.4) is 0 Å². The molecule has 0 aliphatic carbocycles. The van der Waals surface area contributed by atoms with Crippen molar-refractivity contribution in [1.82, 2.24) is 9.80 Å². The second kappa shape index (κ2) is 7.24. The monoisotopic (exact) mass is 326 g/mol. The molecule has 1 saturated heterocycles. The number of nitrogens with zero attached hydrogens (tertiary/aromatic N) is 2. The molecular weight excluding hydrogens is 300 g/mol. The van der Waals surface area contributed by atoms with E-state index in [-0.39, 0.29) is 0 Å². The predicted octanol–water partition coefficient (Wildman–Crippen LogP) is 3.36. The summed E-state index contributed by atoms with van der Waals surface area (Å²) in [7, 11) is 7.83. The van der Waals surface area contributed by atoms with Gasteiger partial charge in [-0.15, -0.1) is 0 Å². The first kappa shape index (κ1) is 16.8. The number of benzene rings is 2. The molecule has 0 N–H and O–H groups in total. The van der Waals surface area contributed by atoms with Crippen molar-refractivity contribution < 1.29 is 9.47 Å². The molecule has 0 amide bonds. The van der Waals surface area contributed by atoms with Gasteiger partial charge in [-0.3, -0.25) is 9.80 Å². The van der Waals surface area contributed by atoms with Gasteiger partial charge in [-0.1, -0.05) is 24.3 Å². The van der Waals surface area contributed by atoms with E-state index in [2.05, 4.69) is 60.3 Å². The largest absolute Gasteiger partial charge is 0.497 e. The van der Waals surface area contributed by atoms with Gasteiger partial charge in [0.05, 0.1) is 14.2 Å². The maximum absolute atomic E-state index is 5.38. The summed E-state index contributed by atoms with van der Waals surface area (Å²) >= 11 is 0. The molecule has 4 nitrogen and oxygen atoms in total. The topological polar surface area (TPSA) is 24.9 Å². The van der Waals surface area contributed by atoms with E-state index in [4.69, 9.17) is 9.47 Å². The van der Waals surface area contributed by atoms with Gasteiger partial charge in [0.25, 0.3) is 0 Å². The number of rotatable bonds is 4. The Balaban J connectivity index is 1.80. The van der Waals surface area contributed by atoms with Crippen molar-refractivity contribution in [2.75, 3.05) is 41.4 Å². The van der Waals surface area contributed by atoms with Gasteiger partial charge in [0, 0.05) is 25.2 Å². The Morgan fingerprint density at radius 1 is 0.750 bits per heavy atom. The lowest BCUT2D eigenvalue weighted by molar-refractivity contribution is 0.0621. The Bertz CT molecular complexity index is 629. The molecule has 128 valence electrons. The normalized spacial score (nSPS) is 22.3. The summed E-state index contributed by atoms with van der Waals surface area (Å²) in [6.45, 7) is 1.96. The molecule has 0 spiro atoms. The van der Waals surface area contributed by atoms with Crippen molar-refractivity contribution >= 4 is 0 Å². The first-order valence-electron chi connectivity index (χ1n) is 8.30. The van der Waals surface area contributed by atoms with Crippen LogP contribution in [0.5, 0.6) is 11.5 Å². The van der Waals surface area contributed by atoms with Crippen LogP contribution in [0.15, 0.2) is 48.5 Å². The fourth-order valence-corrected chi connectivity index (χ4v) is 3.50. The molecule has 2 aromatic carbocycles. The third-order valence-electron chi connectivity index (χ3n) is 4.94. The summed E-state index contributed by atoms with van der Waals surface area (Å²) in [5.74, 6) is 1.83. The summed E-state index contributed by atoms with van der Waals surface area (Å²) in [6, 6.07) is 17.5. The quantitative estimate of drug-likeness (QED) is 0.860. The molecule has 0 radical (unpaired) electrons. The summed E-state index contributed by atoms with van der Waals surface area (Å²) in [6.07, 6.45) is 0. The summed E-state index contributed by atoms with van der Waals surface area (Å²) in [5.41, 5.74) is 2.60. The van der Waals surface area contributed by atoms with Gasteiger partial charge in [-0.25, -0.2) is 0 Å². The number of ether oxygens (including phenoxy) is 2. The third kappa shape index (κ3) is 3.40. The molecular formula is C20H26N2O2. The van der Waals surface area contributed by atoms with Crippen molar-refractivity contribution in [3.8, 4) is 11.5 Å². The average Bonchev–Trinajstić information content (AvgIpc) is 2.63. The van der Waals surface area contributed by atoms with Gasteiger partial charge in [-0.2, -0.15) is 0 Å². The number of likely N-dealkylation sites (N-methyl/N-ethyl adjacent to an activating group) is 2. The van der Waals surface area contributed by atoms with Gasteiger partial charge >= 0.3 is 0 Å². The Hall–Kier alpha value is -2.04. The van der Waals surface area contributed by atoms with Crippen LogP contribution < -0.4 is 9.47 Å². The van der Waals surface area contributed by atoms with E-state index in [9.17, 15) is 0 Å². The molecule has 1 heterocycles. The van der Waals surface area contributed by atoms with Crippen molar-refractivity contribution in [3.05, 3.63) is 59.7 Å². The van der Waals surface area contributed by atoms with Gasteiger partial charge in [0.15, 0.2) is 0 Å². The average molecular weight is 326 g/mol. The Morgan fingerprint density at radius 2 is 1.17 bits per heavy atom. The van der Waals surface area contributed by atoms with Gasteiger partial charge in [-0.05, 0) is 49.5 Å². The predicted molar refractivity (Wildman–Crippen MR) is 96.7 cm³/mol. The summed E-state index contributed by atoms with van der Waals surface area (Å²) < 4.78 is 10.8. The molecule has 0 bridgehead atoms. The maximum Gasteiger partial charge on any atom is 0.119 e. The van der Waals surface area contributed by atoms with Crippen molar-refractivity contribution in [2.24, 2.45) is 0 Å². The fraction of sp³-hybridized carbons (Fsp3) is 0.400. The SMILES string of the molecule is COc1cccc([C@H]2CN(C)[C@H](c3cccc(OC)c3)CN2C)c1. The van der Waals surface area contributed by atoms with E-state index in [1.54, 1.807) is 14.2 Å². The van der Waals surface area contributed by atoms with E-state index < -0.39 is 0 Å². The minimum Gasteiger partial charge on any atom is -0.497 e. The lowest BCUT2D eigenvalue weighted by atomic mass is 9.96. The molecule has 0 unspecified atom stereocenters. The number of hydrogen-bond donors (Lipinski definition) is 0. The second-order valence-corrected chi connectivity index (χ2v) is 6.46. The zero-order chi connectivity index (χ0) is 17.1. The van der Waals surface area contributed by atoms with Gasteiger partial charge < -0.3 is 9.47 Å².